The molecule has 1 aromatic heterocycles. The lowest BCUT2D eigenvalue weighted by atomic mass is 9.96. The molecule has 0 bridgehead atoms. The zero-order chi connectivity index (χ0) is 25.2. The van der Waals surface area contributed by atoms with Crippen molar-refractivity contribution in [3.63, 3.8) is 0 Å². The number of anilines is 1. The molecule has 0 saturated carbocycles. The summed E-state index contributed by atoms with van der Waals surface area (Å²) in [5.41, 5.74) is 2.53. The third-order valence-corrected chi connectivity index (χ3v) is 9.74. The molecule has 1 amide bonds. The number of aryl methyl sites for hydroxylation is 1. The molecule has 10 heteroatoms. The number of pyridine rings is 1. The van der Waals surface area contributed by atoms with E-state index in [1.807, 2.05) is 31.2 Å². The maximum atomic E-state index is 13.8. The van der Waals surface area contributed by atoms with Crippen molar-refractivity contribution in [1.29, 1.82) is 0 Å². The molecule has 0 N–H and O–H groups in total. The zero-order valence-corrected chi connectivity index (χ0v) is 23.7. The second kappa shape index (κ2) is 11.1. The van der Waals surface area contributed by atoms with Crippen LogP contribution in [0.3, 0.4) is 0 Å². The van der Waals surface area contributed by atoms with Crippen LogP contribution in [-0.2, 0) is 21.4 Å². The van der Waals surface area contributed by atoms with Gasteiger partial charge in [0.15, 0.2) is 0 Å². The van der Waals surface area contributed by atoms with Gasteiger partial charge in [0.25, 0.3) is 0 Å². The van der Waals surface area contributed by atoms with Gasteiger partial charge in [0, 0.05) is 40.3 Å². The highest BCUT2D eigenvalue weighted by molar-refractivity contribution is 9.11. The number of benzene rings is 2. The minimum Gasteiger partial charge on any atom is -0.306 e. The average molecular weight is 642 g/mol. The molecular weight excluding hydrogens is 618 g/mol. The molecule has 1 aliphatic heterocycles. The molecule has 1 aliphatic rings. The van der Waals surface area contributed by atoms with Crippen molar-refractivity contribution >= 4 is 65.1 Å². The Hall–Kier alpha value is -1.78. The molecule has 4 rings (SSSR count). The van der Waals surface area contributed by atoms with Gasteiger partial charge in [-0.05, 0) is 83.2 Å². The lowest BCUT2D eigenvalue weighted by Crippen LogP contribution is -2.44. The van der Waals surface area contributed by atoms with Crippen molar-refractivity contribution in [2.45, 2.75) is 31.2 Å². The van der Waals surface area contributed by atoms with E-state index < -0.39 is 10.0 Å². The van der Waals surface area contributed by atoms with E-state index in [4.69, 9.17) is 11.6 Å². The Morgan fingerprint density at radius 3 is 2.57 bits per heavy atom. The molecule has 0 unspecified atom stereocenters. The third kappa shape index (κ3) is 5.97. The Kier molecular flexibility index (Phi) is 8.33. The van der Waals surface area contributed by atoms with Crippen LogP contribution in [-0.4, -0.2) is 36.7 Å². The fourth-order valence-electron chi connectivity index (χ4n) is 4.16. The van der Waals surface area contributed by atoms with E-state index in [0.29, 0.717) is 39.0 Å². The predicted molar refractivity (Wildman–Crippen MR) is 145 cm³/mol. The highest BCUT2D eigenvalue weighted by Gasteiger charge is 2.35. The normalized spacial score (nSPS) is 15.2. The van der Waals surface area contributed by atoms with Crippen LogP contribution >= 0.6 is 43.5 Å². The van der Waals surface area contributed by atoms with Crippen molar-refractivity contribution < 1.29 is 13.2 Å². The first-order valence-electron chi connectivity index (χ1n) is 11.1. The first-order chi connectivity index (χ1) is 16.7. The number of sulfonamides is 1. The van der Waals surface area contributed by atoms with E-state index in [9.17, 15) is 13.2 Å². The molecular formula is C25H24Br2ClN3O3S. The second-order valence-electron chi connectivity index (χ2n) is 8.49. The summed E-state index contributed by atoms with van der Waals surface area (Å²) in [5.74, 6) is -0.386. The number of amides is 1. The van der Waals surface area contributed by atoms with Gasteiger partial charge in [0.05, 0.1) is 22.2 Å². The van der Waals surface area contributed by atoms with Crippen LogP contribution in [0.1, 0.15) is 24.0 Å². The minimum absolute atomic E-state index is 0.0676. The fourth-order valence-corrected chi connectivity index (χ4v) is 7.32. The highest BCUT2D eigenvalue weighted by atomic mass is 79.9. The van der Waals surface area contributed by atoms with Crippen molar-refractivity contribution in [3.8, 4) is 0 Å². The van der Waals surface area contributed by atoms with Gasteiger partial charge in [-0.3, -0.25) is 9.78 Å². The Morgan fingerprint density at radius 1 is 1.14 bits per heavy atom. The monoisotopic (exact) mass is 639 g/mol. The van der Waals surface area contributed by atoms with E-state index in [1.165, 1.54) is 4.31 Å². The summed E-state index contributed by atoms with van der Waals surface area (Å²) in [4.78, 5) is 19.8. The summed E-state index contributed by atoms with van der Waals surface area (Å²) in [5, 5.41) is 0.493. The number of aromatic nitrogens is 1. The van der Waals surface area contributed by atoms with Crippen LogP contribution in [0.25, 0.3) is 0 Å². The molecule has 0 aliphatic carbocycles. The molecule has 6 nitrogen and oxygen atoms in total. The number of rotatable bonds is 6. The lowest BCUT2D eigenvalue weighted by molar-refractivity contribution is -0.123. The fraction of sp³-hybridized carbons (Fsp3) is 0.280. The van der Waals surface area contributed by atoms with E-state index in [-0.39, 0.29) is 29.8 Å². The molecule has 3 aromatic rings. The number of nitrogens with zero attached hydrogens (tertiary/aromatic N) is 3. The van der Waals surface area contributed by atoms with Gasteiger partial charge in [-0.25, -0.2) is 8.42 Å². The molecule has 184 valence electrons. The molecule has 1 fully saturated rings. The molecule has 0 atom stereocenters. The SMILES string of the molecule is Cc1ccc(Cl)c(N(Cc2cccnc2)C(=O)C2CCN(S(=O)(=O)c3cc(Br)ccc3Br)CC2)c1. The Balaban J connectivity index is 1.55. The van der Waals surface area contributed by atoms with Crippen molar-refractivity contribution in [2.75, 3.05) is 18.0 Å². The van der Waals surface area contributed by atoms with E-state index >= 15 is 0 Å². The number of piperidine rings is 1. The standard InChI is InChI=1S/C25H24Br2ClN3O3S/c1-17-4-7-22(28)23(13-17)31(16-18-3-2-10-29-15-18)25(32)19-8-11-30(12-9-19)35(33,34)24-14-20(26)5-6-21(24)27/h2-7,10,13-15,19H,8-9,11-12,16H2,1H3. The zero-order valence-electron chi connectivity index (χ0n) is 19.0. The topological polar surface area (TPSA) is 70.6 Å². The van der Waals surface area contributed by atoms with Crippen LogP contribution < -0.4 is 4.90 Å². The van der Waals surface area contributed by atoms with Crippen LogP contribution in [0.15, 0.2) is 74.8 Å². The summed E-state index contributed by atoms with van der Waals surface area (Å²) in [6.07, 6.45) is 4.28. The Morgan fingerprint density at radius 2 is 1.89 bits per heavy atom. The molecule has 0 spiro atoms. The minimum atomic E-state index is -3.70. The van der Waals surface area contributed by atoms with Crippen molar-refractivity contribution in [1.82, 2.24) is 9.29 Å². The van der Waals surface area contributed by atoms with Gasteiger partial charge >= 0.3 is 0 Å². The van der Waals surface area contributed by atoms with Crippen molar-refractivity contribution in [2.24, 2.45) is 5.92 Å². The largest absolute Gasteiger partial charge is 0.306 e. The van der Waals surface area contributed by atoms with Gasteiger partial charge in [0.2, 0.25) is 15.9 Å². The number of halogens is 3. The smallest absolute Gasteiger partial charge is 0.244 e. The van der Waals surface area contributed by atoms with E-state index in [0.717, 1.165) is 11.1 Å². The highest BCUT2D eigenvalue weighted by Crippen LogP contribution is 2.34. The summed E-state index contributed by atoms with van der Waals surface area (Å²) >= 11 is 13.2. The summed E-state index contributed by atoms with van der Waals surface area (Å²) in [6, 6.07) is 14.4. The molecule has 1 saturated heterocycles. The Labute approximate surface area is 227 Å². The van der Waals surface area contributed by atoms with Gasteiger partial charge < -0.3 is 4.90 Å². The number of hydrogen-bond acceptors (Lipinski definition) is 4. The average Bonchev–Trinajstić information content (AvgIpc) is 2.86. The first-order valence-corrected chi connectivity index (χ1v) is 14.5. The van der Waals surface area contributed by atoms with Gasteiger partial charge in [0.1, 0.15) is 0 Å². The summed E-state index contributed by atoms with van der Waals surface area (Å²) in [6.45, 7) is 2.81. The van der Waals surface area contributed by atoms with Crippen LogP contribution in [0.2, 0.25) is 5.02 Å². The van der Waals surface area contributed by atoms with Crippen LogP contribution in [0.4, 0.5) is 5.69 Å². The van der Waals surface area contributed by atoms with Crippen LogP contribution in [0.5, 0.6) is 0 Å². The Bertz CT molecular complexity index is 1330. The molecule has 0 radical (unpaired) electrons. The number of carbonyl (C=O) groups is 1. The van der Waals surface area contributed by atoms with Crippen molar-refractivity contribution in [3.05, 3.63) is 86.0 Å². The van der Waals surface area contributed by atoms with Gasteiger partial charge in [-0.2, -0.15) is 4.31 Å². The quantitative estimate of drug-likeness (QED) is 0.321. The first kappa shape index (κ1) is 26.3. The maximum Gasteiger partial charge on any atom is 0.244 e. The van der Waals surface area contributed by atoms with Crippen LogP contribution in [0, 0.1) is 12.8 Å². The van der Waals surface area contributed by atoms with E-state index in [2.05, 4.69) is 36.8 Å². The molecule has 2 aromatic carbocycles. The predicted octanol–water partition coefficient (Wildman–Crippen LogP) is 6.20. The third-order valence-electron chi connectivity index (χ3n) is 6.04. The number of hydrogen-bond donors (Lipinski definition) is 0. The second-order valence-corrected chi connectivity index (χ2v) is 12.6. The molecule has 35 heavy (non-hydrogen) atoms. The van der Waals surface area contributed by atoms with Gasteiger partial charge in [-0.1, -0.05) is 39.7 Å². The number of carbonyl (C=O) groups excluding carboxylic acids is 1. The van der Waals surface area contributed by atoms with Gasteiger partial charge in [-0.15, -0.1) is 0 Å². The van der Waals surface area contributed by atoms with E-state index in [1.54, 1.807) is 41.6 Å². The maximum absolute atomic E-state index is 13.8. The lowest BCUT2D eigenvalue weighted by Gasteiger charge is -2.34. The summed E-state index contributed by atoms with van der Waals surface area (Å²) < 4.78 is 29.2. The molecule has 2 heterocycles. The summed E-state index contributed by atoms with van der Waals surface area (Å²) in [7, 11) is -3.70.